The van der Waals surface area contributed by atoms with Gasteiger partial charge in [-0.3, -0.25) is 37.3 Å². The summed E-state index contributed by atoms with van der Waals surface area (Å²) in [4.78, 5) is 72.4. The predicted octanol–water partition coefficient (Wildman–Crippen LogP) is 19.3. The SMILES string of the molecule is CCC(C)CCCCCCCCC(=O)OC[C@H](COP(=O)(O)OC[C@H](O)COP(=O)(O)OC[C@@H](COC(=O)CCCCCCCCCCCCCCCC(C)C)OC(=O)CCCCCCCCCC(C)C)OC(=O)CCCCCCCCCCCC(C)C. The van der Waals surface area contributed by atoms with E-state index in [0.717, 1.165) is 114 Å². The molecule has 19 heteroatoms. The van der Waals surface area contributed by atoms with Crippen molar-refractivity contribution in [3.8, 4) is 0 Å². The standard InChI is InChI=1S/C69H134O17P2/c1-9-62(8)48-40-32-27-28-34-42-50-67(72)80-56-65(85-68(73)51-43-35-25-19-15-17-22-30-38-46-60(4)5)58-84-88(77,78)82-54-63(70)53-81-87(75,76)83-57-64(86-69(74)52-44-36-26-20-23-31-39-47-61(6)7)55-79-66(71)49-41-33-24-18-14-12-10-11-13-16-21-29-37-45-59(2)3/h59-65,70H,9-58H2,1-8H3,(H,75,76)(H,77,78)/t62?,63-,64-,65-/m1/s1. The third-order valence-corrected chi connectivity index (χ3v) is 18.1. The minimum atomic E-state index is -4.95. The number of hydrogen-bond donors (Lipinski definition) is 3. The van der Waals surface area contributed by atoms with E-state index < -0.39 is 97.5 Å². The molecule has 0 aromatic rings. The van der Waals surface area contributed by atoms with Gasteiger partial charge in [-0.2, -0.15) is 0 Å². The first-order valence-electron chi connectivity index (χ1n) is 35.7. The van der Waals surface area contributed by atoms with Crippen LogP contribution < -0.4 is 0 Å². The fourth-order valence-corrected chi connectivity index (χ4v) is 11.9. The van der Waals surface area contributed by atoms with E-state index in [1.807, 2.05) is 0 Å². The maximum atomic E-state index is 13.0. The number of carbonyl (C=O) groups excluding carboxylic acids is 4. The van der Waals surface area contributed by atoms with Crippen LogP contribution in [0.3, 0.4) is 0 Å². The summed E-state index contributed by atoms with van der Waals surface area (Å²) in [6, 6.07) is 0. The molecule has 3 N–H and O–H groups in total. The lowest BCUT2D eigenvalue weighted by Gasteiger charge is -2.21. The molecular formula is C69H134O17P2. The van der Waals surface area contributed by atoms with Gasteiger partial charge in [-0.15, -0.1) is 0 Å². The van der Waals surface area contributed by atoms with Crippen LogP contribution in [0.25, 0.3) is 0 Å². The quantitative estimate of drug-likeness (QED) is 0.0222. The molecular weight excluding hydrogens is 1160 g/mol. The summed E-state index contributed by atoms with van der Waals surface area (Å²) in [5.41, 5.74) is 0. The lowest BCUT2D eigenvalue weighted by Crippen LogP contribution is -2.30. The van der Waals surface area contributed by atoms with Gasteiger partial charge in [0.2, 0.25) is 0 Å². The van der Waals surface area contributed by atoms with Gasteiger partial charge in [0, 0.05) is 25.7 Å². The summed E-state index contributed by atoms with van der Waals surface area (Å²) in [5.74, 6) is 0.820. The van der Waals surface area contributed by atoms with Crippen molar-refractivity contribution in [3.63, 3.8) is 0 Å². The van der Waals surface area contributed by atoms with E-state index in [1.165, 1.54) is 135 Å². The number of aliphatic hydroxyl groups is 1. The number of esters is 4. The number of phosphoric ester groups is 2. The zero-order chi connectivity index (χ0) is 65.4. The van der Waals surface area contributed by atoms with Crippen molar-refractivity contribution in [2.45, 2.75) is 356 Å². The van der Waals surface area contributed by atoms with Crippen LogP contribution in [0.2, 0.25) is 0 Å². The molecule has 0 rings (SSSR count). The molecule has 0 aromatic heterocycles. The Morgan fingerprint density at radius 3 is 0.807 bits per heavy atom. The average molecular weight is 1300 g/mol. The van der Waals surface area contributed by atoms with Crippen molar-refractivity contribution in [2.75, 3.05) is 39.6 Å². The first-order chi connectivity index (χ1) is 42.1. The van der Waals surface area contributed by atoms with Gasteiger partial charge in [-0.05, 0) is 49.4 Å². The van der Waals surface area contributed by atoms with Gasteiger partial charge in [-0.1, -0.05) is 287 Å². The topological polar surface area (TPSA) is 237 Å². The minimum absolute atomic E-state index is 0.103. The number of hydrogen-bond acceptors (Lipinski definition) is 15. The molecule has 0 bridgehead atoms. The molecule has 0 aromatic carbocycles. The number of ether oxygens (including phenoxy) is 4. The average Bonchev–Trinajstić information content (AvgIpc) is 3.70. The lowest BCUT2D eigenvalue weighted by molar-refractivity contribution is -0.161. The molecule has 0 saturated heterocycles. The Bertz CT molecular complexity index is 1750. The predicted molar refractivity (Wildman–Crippen MR) is 354 cm³/mol. The molecule has 6 atom stereocenters. The Kier molecular flexibility index (Phi) is 57.6. The summed E-state index contributed by atoms with van der Waals surface area (Å²) in [6.07, 6.45) is 40.5. The van der Waals surface area contributed by atoms with E-state index >= 15 is 0 Å². The van der Waals surface area contributed by atoms with Gasteiger partial charge in [0.05, 0.1) is 26.4 Å². The molecule has 0 amide bonds. The van der Waals surface area contributed by atoms with E-state index in [0.29, 0.717) is 31.6 Å². The first kappa shape index (κ1) is 86.1. The maximum absolute atomic E-state index is 13.0. The van der Waals surface area contributed by atoms with Gasteiger partial charge >= 0.3 is 39.5 Å². The van der Waals surface area contributed by atoms with Gasteiger partial charge in [-0.25, -0.2) is 9.13 Å². The molecule has 0 saturated carbocycles. The highest BCUT2D eigenvalue weighted by atomic mass is 31.2. The molecule has 0 aliphatic rings. The van der Waals surface area contributed by atoms with Crippen molar-refractivity contribution < 1.29 is 80.2 Å². The minimum Gasteiger partial charge on any atom is -0.462 e. The van der Waals surface area contributed by atoms with E-state index in [1.54, 1.807) is 0 Å². The van der Waals surface area contributed by atoms with E-state index in [-0.39, 0.29) is 25.7 Å². The fraction of sp³-hybridized carbons (Fsp3) is 0.942. The molecule has 0 aliphatic carbocycles. The van der Waals surface area contributed by atoms with E-state index in [2.05, 4.69) is 55.4 Å². The van der Waals surface area contributed by atoms with Crippen LogP contribution in [0.4, 0.5) is 0 Å². The van der Waals surface area contributed by atoms with Crippen LogP contribution in [-0.2, 0) is 65.4 Å². The van der Waals surface area contributed by atoms with Gasteiger partial charge in [0.15, 0.2) is 12.2 Å². The third-order valence-electron chi connectivity index (χ3n) is 16.2. The zero-order valence-corrected chi connectivity index (χ0v) is 59.1. The number of carbonyl (C=O) groups is 4. The third kappa shape index (κ3) is 61.6. The molecule has 522 valence electrons. The molecule has 0 heterocycles. The van der Waals surface area contributed by atoms with Crippen LogP contribution in [0.15, 0.2) is 0 Å². The Labute approximate surface area is 537 Å². The van der Waals surface area contributed by atoms with Crippen molar-refractivity contribution >= 4 is 39.5 Å². The van der Waals surface area contributed by atoms with E-state index in [4.69, 9.17) is 37.0 Å². The summed E-state index contributed by atoms with van der Waals surface area (Å²) >= 11 is 0. The smallest absolute Gasteiger partial charge is 0.462 e. The highest BCUT2D eigenvalue weighted by molar-refractivity contribution is 7.47. The highest BCUT2D eigenvalue weighted by Crippen LogP contribution is 2.45. The second-order valence-electron chi connectivity index (χ2n) is 26.6. The maximum Gasteiger partial charge on any atom is 0.472 e. The van der Waals surface area contributed by atoms with Crippen LogP contribution >= 0.6 is 15.6 Å². The van der Waals surface area contributed by atoms with Crippen molar-refractivity contribution in [1.82, 2.24) is 0 Å². The Morgan fingerprint density at radius 1 is 0.318 bits per heavy atom. The van der Waals surface area contributed by atoms with Gasteiger partial charge in [0.25, 0.3) is 0 Å². The van der Waals surface area contributed by atoms with Crippen molar-refractivity contribution in [3.05, 3.63) is 0 Å². The lowest BCUT2D eigenvalue weighted by atomic mass is 10.00. The monoisotopic (exact) mass is 1300 g/mol. The Hall–Kier alpha value is -1.94. The molecule has 0 fully saturated rings. The normalized spacial score (nSPS) is 14.6. The van der Waals surface area contributed by atoms with Gasteiger partial charge in [0.1, 0.15) is 19.3 Å². The van der Waals surface area contributed by atoms with Gasteiger partial charge < -0.3 is 33.8 Å². The molecule has 88 heavy (non-hydrogen) atoms. The molecule has 0 spiro atoms. The fourth-order valence-electron chi connectivity index (χ4n) is 10.3. The zero-order valence-electron chi connectivity index (χ0n) is 57.3. The largest absolute Gasteiger partial charge is 0.472 e. The summed E-state index contributed by atoms with van der Waals surface area (Å²) in [7, 11) is -9.90. The number of phosphoric acid groups is 2. The molecule has 0 aliphatic heterocycles. The Morgan fingerprint density at radius 2 is 0.545 bits per heavy atom. The van der Waals surface area contributed by atoms with Crippen molar-refractivity contribution in [2.24, 2.45) is 23.7 Å². The van der Waals surface area contributed by atoms with E-state index in [9.17, 15) is 43.2 Å². The molecule has 17 nitrogen and oxygen atoms in total. The number of unbranched alkanes of at least 4 members (excludes halogenated alkanes) is 31. The summed E-state index contributed by atoms with van der Waals surface area (Å²) in [6.45, 7) is 14.0. The molecule has 0 radical (unpaired) electrons. The van der Waals surface area contributed by atoms with Crippen molar-refractivity contribution in [1.29, 1.82) is 0 Å². The Balaban J connectivity index is 5.22. The van der Waals surface area contributed by atoms with Crippen LogP contribution in [-0.4, -0.2) is 96.7 Å². The summed E-state index contributed by atoms with van der Waals surface area (Å²) in [5, 5.41) is 10.6. The summed E-state index contributed by atoms with van der Waals surface area (Å²) < 4.78 is 68.2. The first-order valence-corrected chi connectivity index (χ1v) is 38.7. The van der Waals surface area contributed by atoms with Crippen LogP contribution in [0, 0.1) is 23.7 Å². The van der Waals surface area contributed by atoms with Crippen LogP contribution in [0.1, 0.15) is 338 Å². The van der Waals surface area contributed by atoms with Crippen LogP contribution in [0.5, 0.6) is 0 Å². The number of rotatable bonds is 66. The second kappa shape index (κ2) is 58.8. The molecule has 3 unspecified atom stereocenters. The number of aliphatic hydroxyl groups excluding tert-OH is 1. The highest BCUT2D eigenvalue weighted by Gasteiger charge is 2.30. The second-order valence-corrected chi connectivity index (χ2v) is 29.5.